The van der Waals surface area contributed by atoms with Crippen molar-refractivity contribution in [3.05, 3.63) is 59.7 Å². The fourth-order valence-electron chi connectivity index (χ4n) is 3.58. The number of hydrogen-bond donors (Lipinski definition) is 0. The molecule has 1 heterocycles. The zero-order valence-corrected chi connectivity index (χ0v) is 19.5. The summed E-state index contributed by atoms with van der Waals surface area (Å²) in [5.41, 5.74) is 2.14. The van der Waals surface area contributed by atoms with Gasteiger partial charge in [-0.3, -0.25) is 9.10 Å². The molecule has 0 atom stereocenters. The molecule has 2 aromatic rings. The van der Waals surface area contributed by atoms with Crippen molar-refractivity contribution in [2.45, 2.75) is 25.7 Å². The van der Waals surface area contributed by atoms with Crippen molar-refractivity contribution in [2.24, 2.45) is 0 Å². The second kappa shape index (κ2) is 10.0. The van der Waals surface area contributed by atoms with Gasteiger partial charge in [-0.1, -0.05) is 30.3 Å². The molecule has 1 aliphatic rings. The Morgan fingerprint density at radius 1 is 0.969 bits per heavy atom. The van der Waals surface area contributed by atoms with E-state index in [1.807, 2.05) is 26.0 Å². The van der Waals surface area contributed by atoms with Crippen LogP contribution in [0.25, 0.3) is 0 Å². The highest BCUT2D eigenvalue weighted by Gasteiger charge is 2.31. The number of nitrogens with zero attached hydrogens (tertiary/aromatic N) is 3. The minimum Gasteiger partial charge on any atom is -0.450 e. The van der Waals surface area contributed by atoms with E-state index in [4.69, 9.17) is 4.74 Å². The van der Waals surface area contributed by atoms with Crippen LogP contribution in [0.3, 0.4) is 0 Å². The lowest BCUT2D eigenvalue weighted by atomic mass is 10.1. The summed E-state index contributed by atoms with van der Waals surface area (Å²) in [7, 11) is -3.96. The highest BCUT2D eigenvalue weighted by atomic mass is 32.2. The number of anilines is 1. The van der Waals surface area contributed by atoms with Gasteiger partial charge < -0.3 is 14.5 Å². The number of ether oxygens (including phenoxy) is 1. The molecule has 1 aliphatic heterocycles. The van der Waals surface area contributed by atoms with Gasteiger partial charge in [-0.05, 0) is 50.1 Å². The Labute approximate surface area is 189 Å². The quantitative estimate of drug-likeness (QED) is 0.663. The van der Waals surface area contributed by atoms with Crippen LogP contribution in [0.15, 0.2) is 53.4 Å². The molecule has 2 amide bonds. The SMILES string of the molecule is CCOC(=O)N1CCN(C(=O)CN(c2cc(C)ccc2C)S(=O)(=O)c2ccccc2)CC1. The minimum atomic E-state index is -3.96. The van der Waals surface area contributed by atoms with Gasteiger partial charge in [-0.25, -0.2) is 13.2 Å². The fourth-order valence-corrected chi connectivity index (χ4v) is 5.08. The molecule has 1 fully saturated rings. The van der Waals surface area contributed by atoms with E-state index in [0.717, 1.165) is 11.1 Å². The second-order valence-electron chi connectivity index (χ2n) is 7.68. The van der Waals surface area contributed by atoms with Gasteiger partial charge in [0.1, 0.15) is 6.54 Å². The van der Waals surface area contributed by atoms with Crippen LogP contribution in [-0.4, -0.2) is 69.5 Å². The van der Waals surface area contributed by atoms with Crippen LogP contribution in [-0.2, 0) is 19.6 Å². The van der Waals surface area contributed by atoms with Crippen molar-refractivity contribution >= 4 is 27.7 Å². The predicted molar refractivity (Wildman–Crippen MR) is 122 cm³/mol. The van der Waals surface area contributed by atoms with E-state index in [-0.39, 0.29) is 17.3 Å². The van der Waals surface area contributed by atoms with Crippen molar-refractivity contribution in [3.63, 3.8) is 0 Å². The lowest BCUT2D eigenvalue weighted by Gasteiger charge is -2.35. The standard InChI is InChI=1S/C23H29N3O5S/c1-4-31-23(28)25-14-12-24(13-15-25)22(27)17-26(21-16-18(2)10-11-19(21)3)32(29,30)20-8-6-5-7-9-20/h5-11,16H,4,12-15,17H2,1-3H3. The molecule has 0 spiro atoms. The number of carbonyl (C=O) groups is 2. The number of amides is 2. The normalized spacial score (nSPS) is 14.2. The Hall–Kier alpha value is -3.07. The first-order chi connectivity index (χ1) is 15.2. The largest absolute Gasteiger partial charge is 0.450 e. The number of sulfonamides is 1. The Morgan fingerprint density at radius 3 is 2.22 bits per heavy atom. The molecular weight excluding hydrogens is 430 g/mol. The maximum atomic E-state index is 13.5. The minimum absolute atomic E-state index is 0.126. The Bertz CT molecular complexity index is 1060. The molecule has 172 valence electrons. The highest BCUT2D eigenvalue weighted by molar-refractivity contribution is 7.92. The Kier molecular flexibility index (Phi) is 7.40. The molecule has 0 aromatic heterocycles. The third kappa shape index (κ3) is 5.21. The van der Waals surface area contributed by atoms with Crippen molar-refractivity contribution in [2.75, 3.05) is 43.6 Å². The first kappa shape index (κ1) is 23.6. The van der Waals surface area contributed by atoms with E-state index in [2.05, 4.69) is 0 Å². The Morgan fingerprint density at radius 2 is 1.59 bits per heavy atom. The monoisotopic (exact) mass is 459 g/mol. The van der Waals surface area contributed by atoms with Gasteiger partial charge >= 0.3 is 6.09 Å². The van der Waals surface area contributed by atoms with E-state index in [9.17, 15) is 18.0 Å². The van der Waals surface area contributed by atoms with E-state index in [1.165, 1.54) is 16.4 Å². The maximum Gasteiger partial charge on any atom is 0.409 e. The van der Waals surface area contributed by atoms with Crippen LogP contribution in [0.4, 0.5) is 10.5 Å². The van der Waals surface area contributed by atoms with Crippen LogP contribution >= 0.6 is 0 Å². The molecule has 2 aromatic carbocycles. The van der Waals surface area contributed by atoms with Crippen LogP contribution in [0.5, 0.6) is 0 Å². The first-order valence-corrected chi connectivity index (χ1v) is 12.0. The lowest BCUT2D eigenvalue weighted by Crippen LogP contribution is -2.53. The summed E-state index contributed by atoms with van der Waals surface area (Å²) < 4.78 is 33.2. The second-order valence-corrected chi connectivity index (χ2v) is 9.54. The summed E-state index contributed by atoms with van der Waals surface area (Å²) in [4.78, 5) is 28.3. The van der Waals surface area contributed by atoms with Gasteiger partial charge in [-0.2, -0.15) is 0 Å². The van der Waals surface area contributed by atoms with E-state index >= 15 is 0 Å². The third-order valence-corrected chi connectivity index (χ3v) is 7.18. The van der Waals surface area contributed by atoms with E-state index in [0.29, 0.717) is 38.5 Å². The summed E-state index contributed by atoms with van der Waals surface area (Å²) in [6.45, 7) is 6.76. The molecule has 0 bridgehead atoms. The van der Waals surface area contributed by atoms with Gasteiger partial charge in [0.25, 0.3) is 10.0 Å². The number of rotatable bonds is 6. The van der Waals surface area contributed by atoms with Gasteiger partial charge in [0, 0.05) is 26.2 Å². The summed E-state index contributed by atoms with van der Waals surface area (Å²) in [6, 6.07) is 13.6. The average Bonchev–Trinajstić information content (AvgIpc) is 2.80. The van der Waals surface area contributed by atoms with Crippen LogP contribution in [0, 0.1) is 13.8 Å². The molecule has 0 N–H and O–H groups in total. The molecule has 3 rings (SSSR count). The predicted octanol–water partition coefficient (Wildman–Crippen LogP) is 2.80. The molecule has 0 saturated carbocycles. The molecule has 1 saturated heterocycles. The van der Waals surface area contributed by atoms with Gasteiger partial charge in [0.15, 0.2) is 0 Å². The molecular formula is C23H29N3O5S. The first-order valence-electron chi connectivity index (χ1n) is 10.6. The van der Waals surface area contributed by atoms with Gasteiger partial charge in [0.2, 0.25) is 5.91 Å². The summed E-state index contributed by atoms with van der Waals surface area (Å²) in [5, 5.41) is 0. The molecule has 9 heteroatoms. The van der Waals surface area contributed by atoms with Crippen molar-refractivity contribution in [1.82, 2.24) is 9.80 Å². The van der Waals surface area contributed by atoms with Gasteiger partial charge in [0.05, 0.1) is 17.2 Å². The number of aryl methyl sites for hydroxylation is 2. The smallest absolute Gasteiger partial charge is 0.409 e. The highest BCUT2D eigenvalue weighted by Crippen LogP contribution is 2.28. The topological polar surface area (TPSA) is 87.2 Å². The maximum absolute atomic E-state index is 13.5. The van der Waals surface area contributed by atoms with Crippen LogP contribution in [0.2, 0.25) is 0 Å². The third-order valence-electron chi connectivity index (χ3n) is 5.40. The molecule has 0 aliphatic carbocycles. The summed E-state index contributed by atoms with van der Waals surface area (Å²) in [5.74, 6) is -0.311. The zero-order chi connectivity index (χ0) is 23.3. The number of benzene rings is 2. The number of carbonyl (C=O) groups excluding carboxylic acids is 2. The van der Waals surface area contributed by atoms with Crippen LogP contribution in [0.1, 0.15) is 18.1 Å². The Balaban J connectivity index is 1.85. The fraction of sp³-hybridized carbons (Fsp3) is 0.391. The van der Waals surface area contributed by atoms with E-state index < -0.39 is 16.1 Å². The number of hydrogen-bond acceptors (Lipinski definition) is 5. The zero-order valence-electron chi connectivity index (χ0n) is 18.7. The average molecular weight is 460 g/mol. The van der Waals surface area contributed by atoms with Crippen LogP contribution < -0.4 is 4.31 Å². The van der Waals surface area contributed by atoms with E-state index in [1.54, 1.807) is 41.0 Å². The number of piperazine rings is 1. The molecule has 32 heavy (non-hydrogen) atoms. The van der Waals surface area contributed by atoms with Gasteiger partial charge in [-0.15, -0.1) is 0 Å². The summed E-state index contributed by atoms with van der Waals surface area (Å²) in [6.07, 6.45) is -0.400. The van der Waals surface area contributed by atoms with Crippen molar-refractivity contribution < 1.29 is 22.7 Å². The molecule has 0 radical (unpaired) electrons. The van der Waals surface area contributed by atoms with Crippen molar-refractivity contribution in [1.29, 1.82) is 0 Å². The molecule has 8 nitrogen and oxygen atoms in total. The summed E-state index contributed by atoms with van der Waals surface area (Å²) >= 11 is 0. The molecule has 0 unspecified atom stereocenters. The lowest BCUT2D eigenvalue weighted by molar-refractivity contribution is -0.131. The van der Waals surface area contributed by atoms with Crippen molar-refractivity contribution in [3.8, 4) is 0 Å².